The van der Waals surface area contributed by atoms with Crippen LogP contribution in [0.1, 0.15) is 62.9 Å². The zero-order valence-electron chi connectivity index (χ0n) is 20.7. The van der Waals surface area contributed by atoms with E-state index in [1.165, 1.54) is 41.8 Å². The Morgan fingerprint density at radius 1 is 1.09 bits per heavy atom. The van der Waals surface area contributed by atoms with Crippen LogP contribution in [0.25, 0.3) is 5.57 Å². The number of nitrogens with one attached hydrogen (secondary N) is 1. The SMILES string of the molecule is COc1ccc(OC)c(Nc2nc3c(s2)C2=CC[C@H]4[C@@H]5CC[C@H](O)[C@@]5(C)CC[C@@H]4[C@@]2(C)CC3)c1. The summed E-state index contributed by atoms with van der Waals surface area (Å²) in [6, 6.07) is 5.79. The number of ether oxygens (including phenoxy) is 2. The van der Waals surface area contributed by atoms with Crippen LogP contribution in [0.3, 0.4) is 0 Å². The molecular weight excluding hydrogens is 444 g/mol. The molecular formula is C28H36N2O3S. The number of aromatic nitrogens is 1. The fourth-order valence-electron chi connectivity index (χ4n) is 7.93. The molecule has 1 heterocycles. The highest BCUT2D eigenvalue weighted by Crippen LogP contribution is 2.66. The predicted molar refractivity (Wildman–Crippen MR) is 137 cm³/mol. The van der Waals surface area contributed by atoms with Gasteiger partial charge in [0, 0.05) is 6.07 Å². The number of aryl methyl sites for hydroxylation is 1. The predicted octanol–water partition coefficient (Wildman–Crippen LogP) is 6.45. The number of hydrogen-bond donors (Lipinski definition) is 2. The Balaban J connectivity index is 1.32. The molecule has 1 aromatic heterocycles. The fraction of sp³-hybridized carbons (Fsp3) is 0.607. The first-order valence-corrected chi connectivity index (χ1v) is 13.6. The molecule has 0 unspecified atom stereocenters. The Hall–Kier alpha value is -2.05. The van der Waals surface area contributed by atoms with Crippen LogP contribution in [0, 0.1) is 28.6 Å². The lowest BCUT2D eigenvalue weighted by Crippen LogP contribution is -2.50. The van der Waals surface area contributed by atoms with Gasteiger partial charge in [0.2, 0.25) is 0 Å². The van der Waals surface area contributed by atoms with Gasteiger partial charge in [-0.3, -0.25) is 0 Å². The van der Waals surface area contributed by atoms with Crippen molar-refractivity contribution in [1.82, 2.24) is 4.98 Å². The van der Waals surface area contributed by atoms with Crippen LogP contribution in [-0.2, 0) is 6.42 Å². The second-order valence-corrected chi connectivity index (χ2v) is 12.3. The number of aliphatic hydroxyl groups is 1. The Bertz CT molecular complexity index is 1140. The summed E-state index contributed by atoms with van der Waals surface area (Å²) in [7, 11) is 3.37. The molecule has 0 aliphatic heterocycles. The van der Waals surface area contributed by atoms with Gasteiger partial charge in [0.05, 0.1) is 36.6 Å². The average molecular weight is 481 g/mol. The second-order valence-electron chi connectivity index (χ2n) is 11.3. The molecule has 5 nitrogen and oxygen atoms in total. The van der Waals surface area contributed by atoms with E-state index < -0.39 is 0 Å². The first-order chi connectivity index (χ1) is 16.4. The highest BCUT2D eigenvalue weighted by Gasteiger charge is 2.58. The molecule has 1 aromatic carbocycles. The Labute approximate surface area is 206 Å². The largest absolute Gasteiger partial charge is 0.497 e. The van der Waals surface area contributed by atoms with Crippen molar-refractivity contribution in [3.8, 4) is 11.5 Å². The minimum Gasteiger partial charge on any atom is -0.497 e. The van der Waals surface area contributed by atoms with Crippen LogP contribution in [0.15, 0.2) is 24.3 Å². The molecule has 4 aliphatic rings. The summed E-state index contributed by atoms with van der Waals surface area (Å²) in [5.41, 5.74) is 3.97. The highest BCUT2D eigenvalue weighted by atomic mass is 32.1. The van der Waals surface area contributed by atoms with Gasteiger partial charge in [-0.05, 0) is 91.2 Å². The molecule has 4 aliphatic carbocycles. The molecule has 0 radical (unpaired) electrons. The summed E-state index contributed by atoms with van der Waals surface area (Å²) in [5, 5.41) is 15.2. The summed E-state index contributed by atoms with van der Waals surface area (Å²) in [5.74, 6) is 3.65. The lowest BCUT2D eigenvalue weighted by molar-refractivity contribution is -0.0579. The topological polar surface area (TPSA) is 63.6 Å². The van der Waals surface area contributed by atoms with Crippen LogP contribution in [0.5, 0.6) is 11.5 Å². The summed E-state index contributed by atoms with van der Waals surface area (Å²) in [4.78, 5) is 6.39. The quantitative estimate of drug-likeness (QED) is 0.527. The molecule has 2 N–H and O–H groups in total. The standard InChI is InChI=1S/C28H36N2O3S/c1-27-14-12-21-25(34-26(29-21)30-22-15-16(32-3)5-9-23(22)33-4)20(27)7-6-17-18-8-10-24(31)28(18,2)13-11-19(17)27/h5,7,9,15,17-19,24,31H,6,8,10-14H2,1-4H3,(H,29,30)/t17-,18-,19-,24-,27+,28-/m0/s1. The number of anilines is 2. The minimum atomic E-state index is -0.113. The Morgan fingerprint density at radius 2 is 1.94 bits per heavy atom. The molecule has 182 valence electrons. The summed E-state index contributed by atoms with van der Waals surface area (Å²) >= 11 is 1.78. The number of fused-ring (bicyclic) bond motifs is 7. The van der Waals surface area contributed by atoms with Gasteiger partial charge in [0.15, 0.2) is 5.13 Å². The lowest BCUT2D eigenvalue weighted by Gasteiger charge is -2.56. The number of methoxy groups -OCH3 is 2. The normalized spacial score (nSPS) is 36.0. The minimum absolute atomic E-state index is 0.113. The number of allylic oxidation sites excluding steroid dienone is 2. The maximum atomic E-state index is 10.7. The van der Waals surface area contributed by atoms with E-state index in [4.69, 9.17) is 14.5 Å². The molecule has 2 fully saturated rings. The number of nitrogens with zero attached hydrogens (tertiary/aromatic N) is 1. The van der Waals surface area contributed by atoms with E-state index in [1.807, 2.05) is 18.2 Å². The molecule has 6 atom stereocenters. The van der Waals surface area contributed by atoms with E-state index in [-0.39, 0.29) is 16.9 Å². The first kappa shape index (κ1) is 22.4. The van der Waals surface area contributed by atoms with Gasteiger partial charge in [-0.1, -0.05) is 31.3 Å². The van der Waals surface area contributed by atoms with Crippen LogP contribution in [-0.4, -0.2) is 30.4 Å². The molecule has 0 spiro atoms. The second kappa shape index (κ2) is 7.99. The third-order valence-electron chi connectivity index (χ3n) is 9.89. The molecule has 6 heteroatoms. The van der Waals surface area contributed by atoms with E-state index >= 15 is 0 Å². The van der Waals surface area contributed by atoms with E-state index in [0.29, 0.717) is 17.8 Å². The summed E-state index contributed by atoms with van der Waals surface area (Å²) < 4.78 is 11.0. The van der Waals surface area contributed by atoms with E-state index in [2.05, 4.69) is 25.2 Å². The molecule has 34 heavy (non-hydrogen) atoms. The van der Waals surface area contributed by atoms with Gasteiger partial charge < -0.3 is 19.9 Å². The molecule has 0 amide bonds. The molecule has 0 saturated heterocycles. The van der Waals surface area contributed by atoms with Crippen molar-refractivity contribution < 1.29 is 14.6 Å². The third-order valence-corrected chi connectivity index (χ3v) is 10.9. The van der Waals surface area contributed by atoms with Crippen molar-refractivity contribution in [2.24, 2.45) is 28.6 Å². The summed E-state index contributed by atoms with van der Waals surface area (Å²) in [6.45, 7) is 4.88. The molecule has 6 rings (SSSR count). The summed E-state index contributed by atoms with van der Waals surface area (Å²) in [6.07, 6.45) is 10.4. The average Bonchev–Trinajstić information content (AvgIpc) is 3.38. The van der Waals surface area contributed by atoms with Crippen LogP contribution >= 0.6 is 11.3 Å². The van der Waals surface area contributed by atoms with Gasteiger partial charge in [-0.2, -0.15) is 0 Å². The van der Waals surface area contributed by atoms with Gasteiger partial charge in [0.1, 0.15) is 11.5 Å². The Morgan fingerprint density at radius 3 is 2.74 bits per heavy atom. The molecule has 2 aromatic rings. The highest BCUT2D eigenvalue weighted by molar-refractivity contribution is 7.16. The molecule has 0 bridgehead atoms. The van der Waals surface area contributed by atoms with Crippen molar-refractivity contribution in [1.29, 1.82) is 0 Å². The third kappa shape index (κ3) is 3.17. The van der Waals surface area contributed by atoms with E-state index in [9.17, 15) is 5.11 Å². The smallest absolute Gasteiger partial charge is 0.188 e. The number of benzene rings is 1. The van der Waals surface area contributed by atoms with Crippen molar-refractivity contribution in [3.63, 3.8) is 0 Å². The van der Waals surface area contributed by atoms with Crippen LogP contribution in [0.2, 0.25) is 0 Å². The van der Waals surface area contributed by atoms with Crippen LogP contribution < -0.4 is 14.8 Å². The van der Waals surface area contributed by atoms with Gasteiger partial charge in [0.25, 0.3) is 0 Å². The maximum Gasteiger partial charge on any atom is 0.188 e. The van der Waals surface area contributed by atoms with Crippen molar-refractivity contribution in [2.45, 2.75) is 64.9 Å². The molecule has 2 saturated carbocycles. The fourth-order valence-corrected chi connectivity index (χ4v) is 9.13. The van der Waals surface area contributed by atoms with Crippen molar-refractivity contribution >= 4 is 27.7 Å². The Kier molecular flexibility index (Phi) is 5.27. The van der Waals surface area contributed by atoms with Crippen LogP contribution in [0.4, 0.5) is 10.8 Å². The zero-order valence-corrected chi connectivity index (χ0v) is 21.5. The zero-order chi connectivity index (χ0) is 23.7. The first-order valence-electron chi connectivity index (χ1n) is 12.7. The van der Waals surface area contributed by atoms with Gasteiger partial charge >= 0.3 is 0 Å². The maximum absolute atomic E-state index is 10.7. The number of rotatable bonds is 4. The number of thiazole rings is 1. The number of aliphatic hydroxyl groups excluding tert-OH is 1. The monoisotopic (exact) mass is 480 g/mol. The van der Waals surface area contributed by atoms with Gasteiger partial charge in [-0.25, -0.2) is 4.98 Å². The van der Waals surface area contributed by atoms with Gasteiger partial charge in [-0.15, -0.1) is 0 Å². The van der Waals surface area contributed by atoms with Crippen molar-refractivity contribution in [3.05, 3.63) is 34.8 Å². The van der Waals surface area contributed by atoms with E-state index in [1.54, 1.807) is 25.6 Å². The number of hydrogen-bond acceptors (Lipinski definition) is 6. The van der Waals surface area contributed by atoms with E-state index in [0.717, 1.165) is 41.6 Å². The lowest BCUT2D eigenvalue weighted by atomic mass is 9.48. The van der Waals surface area contributed by atoms with Crippen molar-refractivity contribution in [2.75, 3.05) is 19.5 Å².